The Morgan fingerprint density at radius 3 is 2.74 bits per heavy atom. The molecule has 3 atom stereocenters. The molecule has 23 heavy (non-hydrogen) atoms. The topological polar surface area (TPSA) is 105 Å². The molecular weight excluding hydrogens is 298 g/mol. The van der Waals surface area contributed by atoms with E-state index < -0.39 is 22.7 Å². The predicted molar refractivity (Wildman–Crippen MR) is 82.3 cm³/mol. The van der Waals surface area contributed by atoms with Gasteiger partial charge >= 0.3 is 5.97 Å². The molecule has 0 amide bonds. The lowest BCUT2D eigenvalue weighted by Gasteiger charge is -2.36. The Bertz CT molecular complexity index is 720. The third kappa shape index (κ3) is 3.01. The quantitative estimate of drug-likeness (QED) is 0.521. The fourth-order valence-electron chi connectivity index (χ4n) is 3.05. The van der Waals surface area contributed by atoms with Crippen LogP contribution in [-0.2, 0) is 9.53 Å². The van der Waals surface area contributed by atoms with Crippen molar-refractivity contribution >= 4 is 11.7 Å². The van der Waals surface area contributed by atoms with E-state index in [2.05, 4.69) is 11.4 Å². The van der Waals surface area contributed by atoms with Crippen molar-refractivity contribution in [1.82, 2.24) is 5.32 Å². The van der Waals surface area contributed by atoms with Crippen LogP contribution in [0.4, 0.5) is 5.69 Å². The predicted octanol–water partition coefficient (Wildman–Crippen LogP) is 2.26. The Labute approximate surface area is 133 Å². The average molecular weight is 315 g/mol. The molecule has 0 fully saturated rings. The first-order valence-corrected chi connectivity index (χ1v) is 7.10. The number of carbonyl (C=O) groups excluding carboxylic acids is 1. The van der Waals surface area contributed by atoms with Gasteiger partial charge in [-0.05, 0) is 19.4 Å². The zero-order valence-electron chi connectivity index (χ0n) is 13.1. The van der Waals surface area contributed by atoms with E-state index in [0.717, 1.165) is 0 Å². The number of nitro groups is 1. The van der Waals surface area contributed by atoms with Gasteiger partial charge in [-0.15, -0.1) is 0 Å². The van der Waals surface area contributed by atoms with Gasteiger partial charge in [0.1, 0.15) is 0 Å². The normalized spacial score (nSPS) is 23.7. The summed E-state index contributed by atoms with van der Waals surface area (Å²) in [4.78, 5) is 22.7. The van der Waals surface area contributed by atoms with Crippen molar-refractivity contribution in [3.8, 4) is 6.07 Å². The van der Waals surface area contributed by atoms with E-state index >= 15 is 0 Å². The van der Waals surface area contributed by atoms with Gasteiger partial charge in [0.15, 0.2) is 0 Å². The van der Waals surface area contributed by atoms with Gasteiger partial charge in [-0.3, -0.25) is 14.9 Å². The number of benzene rings is 1. The lowest BCUT2D eigenvalue weighted by atomic mass is 9.74. The molecular formula is C16H17N3O4. The smallest absolute Gasteiger partial charge is 0.311 e. The summed E-state index contributed by atoms with van der Waals surface area (Å²) in [5.41, 5.74) is 1.53. The van der Waals surface area contributed by atoms with Gasteiger partial charge in [0.2, 0.25) is 0 Å². The zero-order chi connectivity index (χ0) is 17.1. The number of carbonyl (C=O) groups is 1. The Hall–Kier alpha value is -2.88. The number of nitriles is 1. The van der Waals surface area contributed by atoms with E-state index in [9.17, 15) is 20.2 Å². The minimum atomic E-state index is -0.639. The number of allylic oxidation sites excluding steroid dienone is 2. The summed E-state index contributed by atoms with van der Waals surface area (Å²) in [7, 11) is 1.29. The number of hydrogen-bond acceptors (Lipinski definition) is 6. The Morgan fingerprint density at radius 2 is 2.17 bits per heavy atom. The maximum atomic E-state index is 12.2. The van der Waals surface area contributed by atoms with Crippen molar-refractivity contribution in [2.45, 2.75) is 25.8 Å². The van der Waals surface area contributed by atoms with E-state index in [-0.39, 0.29) is 11.7 Å². The second kappa shape index (κ2) is 6.48. The van der Waals surface area contributed by atoms with Gasteiger partial charge < -0.3 is 10.1 Å². The van der Waals surface area contributed by atoms with Crippen LogP contribution in [-0.4, -0.2) is 24.0 Å². The lowest BCUT2D eigenvalue weighted by molar-refractivity contribution is -0.384. The molecule has 0 saturated heterocycles. The molecule has 1 aromatic carbocycles. The highest BCUT2D eigenvalue weighted by atomic mass is 16.6. The summed E-state index contributed by atoms with van der Waals surface area (Å²) < 4.78 is 4.87. The second-order valence-corrected chi connectivity index (χ2v) is 5.46. The highest BCUT2D eigenvalue weighted by Gasteiger charge is 2.42. The van der Waals surface area contributed by atoms with Crippen molar-refractivity contribution in [3.05, 3.63) is 51.2 Å². The van der Waals surface area contributed by atoms with Gasteiger partial charge in [0.05, 0.1) is 29.6 Å². The minimum Gasteiger partial charge on any atom is -0.469 e. The van der Waals surface area contributed by atoms with Gasteiger partial charge in [-0.1, -0.05) is 12.1 Å². The molecule has 0 aliphatic carbocycles. The summed E-state index contributed by atoms with van der Waals surface area (Å²) in [6, 6.07) is 7.89. The monoisotopic (exact) mass is 315 g/mol. The lowest BCUT2D eigenvalue weighted by Crippen LogP contribution is -2.45. The number of non-ortho nitro benzene ring substituents is 1. The molecule has 1 aliphatic rings. The molecule has 1 aliphatic heterocycles. The first-order chi connectivity index (χ1) is 10.9. The maximum absolute atomic E-state index is 12.2. The molecule has 1 N–H and O–H groups in total. The molecule has 0 saturated carbocycles. The molecule has 7 heteroatoms. The fraction of sp³-hybridized carbons (Fsp3) is 0.375. The number of hydrogen-bond donors (Lipinski definition) is 1. The maximum Gasteiger partial charge on any atom is 0.311 e. The van der Waals surface area contributed by atoms with Gasteiger partial charge in [-0.2, -0.15) is 5.26 Å². The molecule has 0 spiro atoms. The van der Waals surface area contributed by atoms with E-state index in [1.807, 2.05) is 6.92 Å². The molecule has 0 radical (unpaired) electrons. The number of ether oxygens (including phenoxy) is 1. The third-order valence-electron chi connectivity index (χ3n) is 4.09. The fourth-order valence-corrected chi connectivity index (χ4v) is 3.05. The number of esters is 1. The molecule has 1 heterocycles. The highest BCUT2D eigenvalue weighted by molar-refractivity contribution is 5.76. The molecule has 7 nitrogen and oxygen atoms in total. The van der Waals surface area contributed by atoms with Crippen LogP contribution in [0, 0.1) is 27.4 Å². The van der Waals surface area contributed by atoms with Crippen LogP contribution >= 0.6 is 0 Å². The van der Waals surface area contributed by atoms with Crippen LogP contribution in [0.1, 0.15) is 25.3 Å². The van der Waals surface area contributed by atoms with E-state index in [1.54, 1.807) is 19.1 Å². The Kier molecular flexibility index (Phi) is 4.65. The number of nitrogens with zero attached hydrogens (tertiary/aromatic N) is 2. The van der Waals surface area contributed by atoms with Crippen LogP contribution in [0.15, 0.2) is 35.5 Å². The summed E-state index contributed by atoms with van der Waals surface area (Å²) in [6.07, 6.45) is 0. The molecule has 2 rings (SSSR count). The number of nitrogens with one attached hydrogen (secondary N) is 1. The first-order valence-electron chi connectivity index (χ1n) is 7.10. The van der Waals surface area contributed by atoms with Crippen LogP contribution in [0.25, 0.3) is 0 Å². The van der Waals surface area contributed by atoms with Crippen molar-refractivity contribution in [2.75, 3.05) is 7.11 Å². The van der Waals surface area contributed by atoms with Crippen molar-refractivity contribution < 1.29 is 14.5 Å². The number of nitro benzene ring substituents is 1. The summed E-state index contributed by atoms with van der Waals surface area (Å²) >= 11 is 0. The SMILES string of the molecule is COC(=O)[C@@H]1[C@@H](C)NC(C)=C(C#N)[C@H]1c1cccc([N+](=O)[O-])c1. The van der Waals surface area contributed by atoms with Crippen molar-refractivity contribution in [2.24, 2.45) is 5.92 Å². The molecule has 0 aromatic heterocycles. The van der Waals surface area contributed by atoms with Crippen molar-refractivity contribution in [1.29, 1.82) is 5.26 Å². The minimum absolute atomic E-state index is 0.0766. The van der Waals surface area contributed by atoms with Crippen molar-refractivity contribution in [3.63, 3.8) is 0 Å². The van der Waals surface area contributed by atoms with E-state index in [4.69, 9.17) is 4.74 Å². The largest absolute Gasteiger partial charge is 0.469 e. The molecule has 0 unspecified atom stereocenters. The summed E-state index contributed by atoms with van der Waals surface area (Å²) in [5.74, 6) is -1.68. The average Bonchev–Trinajstić information content (AvgIpc) is 2.53. The van der Waals surface area contributed by atoms with Gasteiger partial charge in [-0.25, -0.2) is 0 Å². The Morgan fingerprint density at radius 1 is 1.48 bits per heavy atom. The highest BCUT2D eigenvalue weighted by Crippen LogP contribution is 2.40. The zero-order valence-corrected chi connectivity index (χ0v) is 13.1. The molecule has 0 bridgehead atoms. The summed E-state index contributed by atoms with van der Waals surface area (Å²) in [5, 5.41) is 23.6. The van der Waals surface area contributed by atoms with E-state index in [0.29, 0.717) is 16.8 Å². The molecule has 1 aromatic rings. The van der Waals surface area contributed by atoms with Gasteiger partial charge in [0, 0.05) is 29.8 Å². The third-order valence-corrected chi connectivity index (χ3v) is 4.09. The van der Waals surface area contributed by atoms with Crippen LogP contribution in [0.5, 0.6) is 0 Å². The van der Waals surface area contributed by atoms with Gasteiger partial charge in [0.25, 0.3) is 5.69 Å². The second-order valence-electron chi connectivity index (χ2n) is 5.46. The number of methoxy groups -OCH3 is 1. The first kappa shape index (κ1) is 16.5. The van der Waals surface area contributed by atoms with Crippen LogP contribution in [0.2, 0.25) is 0 Å². The summed E-state index contributed by atoms with van der Waals surface area (Å²) in [6.45, 7) is 3.58. The van der Waals surface area contributed by atoms with E-state index in [1.165, 1.54) is 19.2 Å². The standard InChI is InChI=1S/C16H17N3O4/c1-9-13(8-17)15(14(10(2)18-9)16(20)23-3)11-5-4-6-12(7-11)19(21)22/h4-7,10,14-15,18H,1-3H3/t10-,14-,15-/m1/s1. The molecule has 120 valence electrons. The Balaban J connectivity index is 2.62. The van der Waals surface area contributed by atoms with Crippen LogP contribution < -0.4 is 5.32 Å². The number of rotatable bonds is 3. The van der Waals surface area contributed by atoms with Crippen LogP contribution in [0.3, 0.4) is 0 Å².